The second-order valence-corrected chi connectivity index (χ2v) is 4.62. The molecule has 0 aromatic heterocycles. The molecule has 0 saturated carbocycles. The summed E-state index contributed by atoms with van der Waals surface area (Å²) in [5.41, 5.74) is 0.593. The van der Waals surface area contributed by atoms with Crippen molar-refractivity contribution in [2.24, 2.45) is 0 Å². The second-order valence-electron chi connectivity index (χ2n) is 3.75. The van der Waals surface area contributed by atoms with Crippen molar-refractivity contribution in [3.05, 3.63) is 28.2 Å². The molecule has 0 aliphatic rings. The highest BCUT2D eigenvalue weighted by Crippen LogP contribution is 2.22. The molecule has 5 heteroatoms. The van der Waals surface area contributed by atoms with Gasteiger partial charge in [0, 0.05) is 22.3 Å². The molecule has 0 aliphatic carbocycles. The minimum absolute atomic E-state index is 0.237. The van der Waals surface area contributed by atoms with Crippen molar-refractivity contribution in [2.45, 2.75) is 26.2 Å². The van der Waals surface area contributed by atoms with Crippen LogP contribution in [-0.4, -0.2) is 12.6 Å². The molecule has 0 atom stereocenters. The summed E-state index contributed by atoms with van der Waals surface area (Å²) in [7, 11) is 0. The van der Waals surface area contributed by atoms with Gasteiger partial charge in [0.25, 0.3) is 0 Å². The van der Waals surface area contributed by atoms with E-state index in [1.807, 2.05) is 0 Å². The molecule has 1 aromatic carbocycles. The van der Waals surface area contributed by atoms with Gasteiger partial charge in [-0.2, -0.15) is 0 Å². The quantitative estimate of drug-likeness (QED) is 0.772. The molecule has 0 radical (unpaired) electrons. The minimum atomic E-state index is -0.237. The first kappa shape index (κ1) is 14.1. The Morgan fingerprint density at radius 3 is 2.41 bits per heavy atom. The van der Waals surface area contributed by atoms with Crippen LogP contribution < -0.4 is 10.6 Å². The molecule has 1 rings (SSSR count). The predicted octanol–water partition coefficient (Wildman–Crippen LogP) is 4.31. The molecule has 1 aromatic rings. The van der Waals surface area contributed by atoms with Crippen LogP contribution in [0.4, 0.5) is 10.5 Å². The van der Waals surface area contributed by atoms with E-state index in [0.29, 0.717) is 22.3 Å². The molecular formula is C12H16Cl2N2O. The number of rotatable bonds is 5. The molecule has 0 unspecified atom stereocenters. The fraction of sp³-hybridized carbons (Fsp3) is 0.417. The monoisotopic (exact) mass is 274 g/mol. The van der Waals surface area contributed by atoms with E-state index in [4.69, 9.17) is 23.2 Å². The molecule has 94 valence electrons. The van der Waals surface area contributed by atoms with E-state index in [0.717, 1.165) is 19.3 Å². The molecule has 0 fully saturated rings. The topological polar surface area (TPSA) is 41.1 Å². The lowest BCUT2D eigenvalue weighted by Gasteiger charge is -2.08. The molecule has 0 saturated heterocycles. The van der Waals surface area contributed by atoms with Gasteiger partial charge in [-0.1, -0.05) is 43.0 Å². The molecule has 2 amide bonds. The summed E-state index contributed by atoms with van der Waals surface area (Å²) in [6, 6.07) is 4.69. The lowest BCUT2D eigenvalue weighted by molar-refractivity contribution is 0.252. The smallest absolute Gasteiger partial charge is 0.319 e. The molecule has 0 heterocycles. The first-order valence-electron chi connectivity index (χ1n) is 5.62. The van der Waals surface area contributed by atoms with Crippen LogP contribution in [0.3, 0.4) is 0 Å². The van der Waals surface area contributed by atoms with Gasteiger partial charge in [-0.05, 0) is 24.6 Å². The third-order valence-corrected chi connectivity index (χ3v) is 2.62. The third-order valence-electron chi connectivity index (χ3n) is 2.19. The van der Waals surface area contributed by atoms with Gasteiger partial charge < -0.3 is 10.6 Å². The van der Waals surface area contributed by atoms with E-state index in [1.54, 1.807) is 18.2 Å². The van der Waals surface area contributed by atoms with E-state index in [2.05, 4.69) is 17.6 Å². The standard InChI is InChI=1S/C12H16Cl2N2O/c1-2-3-4-5-15-12(17)16-11-7-9(13)6-10(14)8-11/h6-8H,2-5H2,1H3,(H2,15,16,17). The molecule has 3 nitrogen and oxygen atoms in total. The minimum Gasteiger partial charge on any atom is -0.338 e. The van der Waals surface area contributed by atoms with E-state index < -0.39 is 0 Å². The normalized spacial score (nSPS) is 10.1. The summed E-state index contributed by atoms with van der Waals surface area (Å²) in [4.78, 5) is 11.5. The number of anilines is 1. The molecular weight excluding hydrogens is 259 g/mol. The molecule has 17 heavy (non-hydrogen) atoms. The lowest BCUT2D eigenvalue weighted by atomic mass is 10.2. The van der Waals surface area contributed by atoms with Gasteiger partial charge in [0.05, 0.1) is 0 Å². The zero-order valence-corrected chi connectivity index (χ0v) is 11.2. The van der Waals surface area contributed by atoms with Gasteiger partial charge in [-0.15, -0.1) is 0 Å². The maximum Gasteiger partial charge on any atom is 0.319 e. The Morgan fingerprint density at radius 1 is 1.18 bits per heavy atom. The summed E-state index contributed by atoms with van der Waals surface area (Å²) >= 11 is 11.6. The fourth-order valence-electron chi connectivity index (χ4n) is 1.38. The zero-order chi connectivity index (χ0) is 12.7. The van der Waals surface area contributed by atoms with Gasteiger partial charge >= 0.3 is 6.03 Å². The van der Waals surface area contributed by atoms with Crippen LogP contribution in [0.15, 0.2) is 18.2 Å². The number of unbranched alkanes of at least 4 members (excludes halogenated alkanes) is 2. The summed E-state index contributed by atoms with van der Waals surface area (Å²) in [6.07, 6.45) is 3.23. The predicted molar refractivity (Wildman–Crippen MR) is 73.0 cm³/mol. The molecule has 0 spiro atoms. The van der Waals surface area contributed by atoms with Crippen LogP contribution in [0.1, 0.15) is 26.2 Å². The number of nitrogens with one attached hydrogen (secondary N) is 2. The largest absolute Gasteiger partial charge is 0.338 e. The van der Waals surface area contributed by atoms with Crippen molar-refractivity contribution in [3.63, 3.8) is 0 Å². The highest BCUT2D eigenvalue weighted by molar-refractivity contribution is 6.35. The Kier molecular flexibility index (Phi) is 6.16. The van der Waals surface area contributed by atoms with Gasteiger partial charge in [0.15, 0.2) is 0 Å². The van der Waals surface area contributed by atoms with E-state index >= 15 is 0 Å². The first-order valence-corrected chi connectivity index (χ1v) is 6.38. The van der Waals surface area contributed by atoms with Crippen molar-refractivity contribution in [2.75, 3.05) is 11.9 Å². The van der Waals surface area contributed by atoms with Gasteiger partial charge in [-0.25, -0.2) is 4.79 Å². The third kappa shape index (κ3) is 5.80. The Hall–Kier alpha value is -0.930. The van der Waals surface area contributed by atoms with Crippen LogP contribution in [0, 0.1) is 0 Å². The summed E-state index contributed by atoms with van der Waals surface area (Å²) in [6.45, 7) is 2.79. The van der Waals surface area contributed by atoms with Crippen molar-refractivity contribution in [3.8, 4) is 0 Å². The van der Waals surface area contributed by atoms with Gasteiger partial charge in [0.1, 0.15) is 0 Å². The Labute approximate surface area is 111 Å². The van der Waals surface area contributed by atoms with Crippen LogP contribution in [-0.2, 0) is 0 Å². The Morgan fingerprint density at radius 2 is 1.82 bits per heavy atom. The number of halogens is 2. The van der Waals surface area contributed by atoms with Gasteiger partial charge in [0.2, 0.25) is 0 Å². The van der Waals surface area contributed by atoms with Crippen molar-refractivity contribution in [1.29, 1.82) is 0 Å². The van der Waals surface area contributed by atoms with Gasteiger partial charge in [-0.3, -0.25) is 0 Å². The number of benzene rings is 1. The number of amides is 2. The highest BCUT2D eigenvalue weighted by atomic mass is 35.5. The van der Waals surface area contributed by atoms with E-state index in [-0.39, 0.29) is 6.03 Å². The van der Waals surface area contributed by atoms with Crippen molar-refractivity contribution >= 4 is 34.9 Å². The fourth-order valence-corrected chi connectivity index (χ4v) is 1.90. The van der Waals surface area contributed by atoms with Crippen molar-refractivity contribution in [1.82, 2.24) is 5.32 Å². The van der Waals surface area contributed by atoms with Crippen molar-refractivity contribution < 1.29 is 4.79 Å². The van der Waals surface area contributed by atoms with Crippen LogP contribution in [0.25, 0.3) is 0 Å². The average molecular weight is 275 g/mol. The van der Waals surface area contributed by atoms with E-state index in [9.17, 15) is 4.79 Å². The zero-order valence-electron chi connectivity index (χ0n) is 9.72. The Balaban J connectivity index is 2.39. The summed E-state index contributed by atoms with van der Waals surface area (Å²) in [5, 5.41) is 6.45. The molecule has 0 aliphatic heterocycles. The SMILES string of the molecule is CCCCCNC(=O)Nc1cc(Cl)cc(Cl)c1. The maximum absolute atomic E-state index is 11.5. The molecule has 2 N–H and O–H groups in total. The average Bonchev–Trinajstić information content (AvgIpc) is 2.23. The Bertz CT molecular complexity index is 363. The number of urea groups is 1. The second kappa shape index (κ2) is 7.41. The number of hydrogen-bond donors (Lipinski definition) is 2. The maximum atomic E-state index is 11.5. The first-order chi connectivity index (χ1) is 8.11. The highest BCUT2D eigenvalue weighted by Gasteiger charge is 2.02. The molecule has 0 bridgehead atoms. The number of carbonyl (C=O) groups is 1. The van der Waals surface area contributed by atoms with E-state index in [1.165, 1.54) is 0 Å². The van der Waals surface area contributed by atoms with Crippen LogP contribution in [0.2, 0.25) is 10.0 Å². The summed E-state index contributed by atoms with van der Waals surface area (Å²) < 4.78 is 0. The van der Waals surface area contributed by atoms with Crippen LogP contribution in [0.5, 0.6) is 0 Å². The van der Waals surface area contributed by atoms with Crippen LogP contribution >= 0.6 is 23.2 Å². The number of hydrogen-bond acceptors (Lipinski definition) is 1. The summed E-state index contributed by atoms with van der Waals surface area (Å²) in [5.74, 6) is 0. The lowest BCUT2D eigenvalue weighted by Crippen LogP contribution is -2.29. The number of carbonyl (C=O) groups excluding carboxylic acids is 1.